The van der Waals surface area contributed by atoms with Crippen molar-refractivity contribution < 1.29 is 17.9 Å². The van der Waals surface area contributed by atoms with Gasteiger partial charge in [0, 0.05) is 17.3 Å². The van der Waals surface area contributed by atoms with E-state index < -0.39 is 16.1 Å². The summed E-state index contributed by atoms with van der Waals surface area (Å²) in [5.41, 5.74) is 1.69. The van der Waals surface area contributed by atoms with Gasteiger partial charge in [0.2, 0.25) is 0 Å². The molecule has 1 aromatic heterocycles. The second-order valence-electron chi connectivity index (χ2n) is 7.99. The van der Waals surface area contributed by atoms with E-state index in [9.17, 15) is 13.2 Å². The van der Waals surface area contributed by atoms with Crippen LogP contribution in [0.15, 0.2) is 65.0 Å². The average molecular weight is 460 g/mol. The van der Waals surface area contributed by atoms with Crippen LogP contribution >= 0.6 is 11.3 Å². The molecular formula is C22H25N3O4S2. The maximum absolute atomic E-state index is 12.5. The van der Waals surface area contributed by atoms with E-state index in [0.29, 0.717) is 16.6 Å². The Kier molecular flexibility index (Phi) is 6.66. The van der Waals surface area contributed by atoms with Crippen LogP contribution in [0, 0.1) is 0 Å². The molecule has 0 radical (unpaired) electrons. The van der Waals surface area contributed by atoms with Gasteiger partial charge < -0.3 is 10.1 Å². The molecule has 0 aliphatic rings. The van der Waals surface area contributed by atoms with E-state index in [-0.39, 0.29) is 16.2 Å². The van der Waals surface area contributed by atoms with Crippen molar-refractivity contribution in [2.24, 2.45) is 0 Å². The van der Waals surface area contributed by atoms with Gasteiger partial charge in [-0.15, -0.1) is 11.3 Å². The molecule has 164 valence electrons. The van der Waals surface area contributed by atoms with Crippen molar-refractivity contribution in [2.45, 2.75) is 44.1 Å². The molecule has 0 aliphatic carbocycles. The number of nitrogens with zero attached hydrogens (tertiary/aromatic N) is 1. The van der Waals surface area contributed by atoms with Crippen LogP contribution in [0.3, 0.4) is 0 Å². The van der Waals surface area contributed by atoms with Crippen molar-refractivity contribution in [3.63, 3.8) is 0 Å². The molecule has 1 atom stereocenters. The zero-order valence-corrected chi connectivity index (χ0v) is 19.4. The van der Waals surface area contributed by atoms with Crippen molar-refractivity contribution in [3.05, 3.63) is 65.7 Å². The van der Waals surface area contributed by atoms with E-state index >= 15 is 0 Å². The second kappa shape index (κ2) is 9.07. The molecule has 0 aliphatic heterocycles. The van der Waals surface area contributed by atoms with Crippen molar-refractivity contribution in [1.82, 2.24) is 4.98 Å². The molecule has 3 aromatic rings. The molecule has 0 unspecified atom stereocenters. The molecule has 0 saturated carbocycles. The van der Waals surface area contributed by atoms with Gasteiger partial charge in [0.15, 0.2) is 11.2 Å². The Hall–Kier alpha value is -2.91. The zero-order chi connectivity index (χ0) is 22.6. The van der Waals surface area contributed by atoms with Gasteiger partial charge in [-0.25, -0.2) is 13.4 Å². The number of amides is 1. The first-order valence-corrected chi connectivity index (χ1v) is 12.0. The number of hydrogen-bond donors (Lipinski definition) is 2. The summed E-state index contributed by atoms with van der Waals surface area (Å²) < 4.78 is 32.9. The third kappa shape index (κ3) is 6.05. The summed E-state index contributed by atoms with van der Waals surface area (Å²) in [6, 6.07) is 13.6. The third-order valence-corrected chi connectivity index (χ3v) is 6.66. The predicted octanol–water partition coefficient (Wildman–Crippen LogP) is 4.65. The maximum atomic E-state index is 12.5. The highest BCUT2D eigenvalue weighted by Gasteiger charge is 2.18. The summed E-state index contributed by atoms with van der Waals surface area (Å²) >= 11 is 1.19. The Morgan fingerprint density at radius 2 is 1.71 bits per heavy atom. The lowest BCUT2D eigenvalue weighted by atomic mass is 9.87. The summed E-state index contributed by atoms with van der Waals surface area (Å²) in [4.78, 5) is 16.4. The lowest BCUT2D eigenvalue weighted by molar-refractivity contribution is -0.122. The summed E-state index contributed by atoms with van der Waals surface area (Å²) in [7, 11) is -3.74. The standard InChI is InChI=1S/C22H25N3O4S2/c1-15(29-18-9-5-16(6-10-18)22(2,3)4)20(26)24-17-7-11-19(12-8-17)31(27,28)25-21-23-13-14-30-21/h5-15H,1-4H3,(H,23,25)(H,24,26)/t15-/m0/s1. The van der Waals surface area contributed by atoms with Crippen LogP contribution < -0.4 is 14.8 Å². The molecule has 2 aromatic carbocycles. The number of carbonyl (C=O) groups excluding carboxylic acids is 1. The van der Waals surface area contributed by atoms with Gasteiger partial charge in [0.25, 0.3) is 15.9 Å². The third-order valence-electron chi connectivity index (χ3n) is 4.49. The molecule has 0 bridgehead atoms. The Bertz CT molecular complexity index is 1120. The topological polar surface area (TPSA) is 97.4 Å². The molecule has 9 heteroatoms. The maximum Gasteiger partial charge on any atom is 0.265 e. The molecule has 31 heavy (non-hydrogen) atoms. The van der Waals surface area contributed by atoms with Gasteiger partial charge in [0.1, 0.15) is 5.75 Å². The number of hydrogen-bond acceptors (Lipinski definition) is 6. The van der Waals surface area contributed by atoms with Crippen LogP contribution in [-0.2, 0) is 20.2 Å². The molecule has 0 spiro atoms. The van der Waals surface area contributed by atoms with Crippen LogP contribution in [0.5, 0.6) is 5.75 Å². The molecule has 1 heterocycles. The van der Waals surface area contributed by atoms with Crippen LogP contribution in [0.1, 0.15) is 33.3 Å². The van der Waals surface area contributed by atoms with Gasteiger partial charge in [-0.05, 0) is 54.3 Å². The summed E-state index contributed by atoms with van der Waals surface area (Å²) in [5.74, 6) is 0.266. The Balaban J connectivity index is 1.59. The van der Waals surface area contributed by atoms with Crippen LogP contribution in [-0.4, -0.2) is 25.4 Å². The number of benzene rings is 2. The van der Waals surface area contributed by atoms with Gasteiger partial charge in [0.05, 0.1) is 4.90 Å². The normalized spacial score (nSPS) is 12.8. The average Bonchev–Trinajstić information content (AvgIpc) is 3.20. The number of carbonyl (C=O) groups is 1. The van der Waals surface area contributed by atoms with E-state index in [4.69, 9.17) is 4.74 Å². The van der Waals surface area contributed by atoms with Crippen molar-refractivity contribution in [3.8, 4) is 5.75 Å². The van der Waals surface area contributed by atoms with E-state index in [1.165, 1.54) is 47.4 Å². The molecule has 0 fully saturated rings. The molecule has 3 rings (SSSR count). The van der Waals surface area contributed by atoms with E-state index in [0.717, 1.165) is 0 Å². The number of thiazole rings is 1. The van der Waals surface area contributed by atoms with Crippen molar-refractivity contribution in [1.29, 1.82) is 0 Å². The number of ether oxygens (including phenoxy) is 1. The second-order valence-corrected chi connectivity index (χ2v) is 10.6. The van der Waals surface area contributed by atoms with E-state index in [1.54, 1.807) is 12.3 Å². The van der Waals surface area contributed by atoms with Crippen molar-refractivity contribution >= 4 is 38.1 Å². The van der Waals surface area contributed by atoms with Crippen LogP contribution in [0.2, 0.25) is 0 Å². The van der Waals surface area contributed by atoms with Crippen LogP contribution in [0.25, 0.3) is 0 Å². The monoisotopic (exact) mass is 459 g/mol. The lowest BCUT2D eigenvalue weighted by Crippen LogP contribution is -2.30. The van der Waals surface area contributed by atoms with E-state index in [1.807, 2.05) is 24.3 Å². The van der Waals surface area contributed by atoms with Gasteiger partial charge >= 0.3 is 0 Å². The van der Waals surface area contributed by atoms with E-state index in [2.05, 4.69) is 35.8 Å². The largest absolute Gasteiger partial charge is 0.481 e. The SMILES string of the molecule is C[C@H](Oc1ccc(C(C)(C)C)cc1)C(=O)Nc1ccc(S(=O)(=O)Nc2nccs2)cc1. The summed E-state index contributed by atoms with van der Waals surface area (Å²) in [6.07, 6.45) is 0.791. The van der Waals surface area contributed by atoms with Gasteiger partial charge in [-0.1, -0.05) is 32.9 Å². The summed E-state index contributed by atoms with van der Waals surface area (Å²) in [6.45, 7) is 8.05. The lowest BCUT2D eigenvalue weighted by Gasteiger charge is -2.20. The molecule has 1 amide bonds. The minimum absolute atomic E-state index is 0.0387. The van der Waals surface area contributed by atoms with Crippen molar-refractivity contribution in [2.75, 3.05) is 10.0 Å². The van der Waals surface area contributed by atoms with Gasteiger partial charge in [-0.3, -0.25) is 9.52 Å². The molecular weight excluding hydrogens is 434 g/mol. The number of aromatic nitrogens is 1. The fourth-order valence-electron chi connectivity index (χ4n) is 2.70. The Morgan fingerprint density at radius 3 is 2.26 bits per heavy atom. The number of sulfonamides is 1. The minimum Gasteiger partial charge on any atom is -0.481 e. The zero-order valence-electron chi connectivity index (χ0n) is 17.7. The number of rotatable bonds is 7. The molecule has 0 saturated heterocycles. The first kappa shape index (κ1) is 22.8. The fourth-order valence-corrected chi connectivity index (χ4v) is 4.49. The highest BCUT2D eigenvalue weighted by atomic mass is 32.2. The quantitative estimate of drug-likeness (QED) is 0.536. The fraction of sp³-hybridized carbons (Fsp3) is 0.273. The molecule has 2 N–H and O–H groups in total. The first-order valence-electron chi connectivity index (χ1n) is 9.65. The summed E-state index contributed by atoms with van der Waals surface area (Å²) in [5, 5.41) is 4.70. The number of anilines is 2. The highest BCUT2D eigenvalue weighted by molar-refractivity contribution is 7.93. The number of nitrogens with one attached hydrogen (secondary N) is 2. The highest BCUT2D eigenvalue weighted by Crippen LogP contribution is 2.25. The smallest absolute Gasteiger partial charge is 0.265 e. The Labute approximate surface area is 186 Å². The van der Waals surface area contributed by atoms with Gasteiger partial charge in [-0.2, -0.15) is 0 Å². The minimum atomic E-state index is -3.74. The van der Waals surface area contributed by atoms with Crippen LogP contribution in [0.4, 0.5) is 10.8 Å². The molecule has 7 nitrogen and oxygen atoms in total. The first-order chi connectivity index (χ1) is 14.5. The predicted molar refractivity (Wildman–Crippen MR) is 123 cm³/mol. The Morgan fingerprint density at radius 1 is 1.06 bits per heavy atom.